The van der Waals surface area contributed by atoms with Crippen LogP contribution in [-0.4, -0.2) is 17.4 Å². The quantitative estimate of drug-likeness (QED) is 0.848. The third-order valence-electron chi connectivity index (χ3n) is 2.61. The summed E-state index contributed by atoms with van der Waals surface area (Å²) in [4.78, 5) is 15.9. The molecule has 1 aromatic heterocycles. The predicted octanol–water partition coefficient (Wildman–Crippen LogP) is 2.79. The number of nitrogens with two attached hydrogens (primary N) is 1. The summed E-state index contributed by atoms with van der Waals surface area (Å²) in [5, 5.41) is 2.78. The van der Waals surface area contributed by atoms with Crippen LogP contribution < -0.4 is 11.1 Å². The Morgan fingerprint density at radius 3 is 2.72 bits per heavy atom. The summed E-state index contributed by atoms with van der Waals surface area (Å²) in [5.74, 6) is 1.34. The molecule has 0 radical (unpaired) electrons. The van der Waals surface area contributed by atoms with E-state index >= 15 is 0 Å². The number of hydrogen-bond donors (Lipinski definition) is 2. The zero-order chi connectivity index (χ0) is 13.5. The average Bonchev–Trinajstić information content (AvgIpc) is 2.30. The molecule has 0 saturated carbocycles. The van der Waals surface area contributed by atoms with Crippen molar-refractivity contribution in [2.45, 2.75) is 26.7 Å². The lowest BCUT2D eigenvalue weighted by Crippen LogP contribution is -2.23. The molecule has 100 valence electrons. The normalized spacial score (nSPS) is 12.5. The maximum Gasteiger partial charge on any atom is 0.225 e. The number of carbonyl (C=O) groups is 1. The Labute approximate surface area is 116 Å². The van der Waals surface area contributed by atoms with E-state index in [0.29, 0.717) is 24.7 Å². The van der Waals surface area contributed by atoms with Crippen LogP contribution in [0.3, 0.4) is 0 Å². The van der Waals surface area contributed by atoms with Gasteiger partial charge in [0.25, 0.3) is 0 Å². The highest BCUT2D eigenvalue weighted by molar-refractivity contribution is 9.10. The van der Waals surface area contributed by atoms with Gasteiger partial charge >= 0.3 is 0 Å². The van der Waals surface area contributed by atoms with Gasteiger partial charge in [0.15, 0.2) is 0 Å². The number of nitrogens with one attached hydrogen (secondary N) is 1. The maximum atomic E-state index is 11.8. The fraction of sp³-hybridized carbons (Fsp3) is 0.538. The van der Waals surface area contributed by atoms with Crippen molar-refractivity contribution in [3.63, 3.8) is 0 Å². The highest BCUT2D eigenvalue weighted by atomic mass is 79.9. The molecule has 5 heteroatoms. The van der Waals surface area contributed by atoms with Crippen molar-refractivity contribution in [3.8, 4) is 0 Å². The molecule has 1 unspecified atom stereocenters. The minimum absolute atomic E-state index is 0.0269. The molecule has 0 aliphatic rings. The van der Waals surface area contributed by atoms with E-state index in [1.54, 1.807) is 12.3 Å². The first-order chi connectivity index (χ1) is 8.51. The lowest BCUT2D eigenvalue weighted by Gasteiger charge is -2.16. The van der Waals surface area contributed by atoms with Gasteiger partial charge in [-0.15, -0.1) is 0 Å². The van der Waals surface area contributed by atoms with Crippen LogP contribution in [0, 0.1) is 11.8 Å². The molecule has 0 aliphatic heterocycles. The summed E-state index contributed by atoms with van der Waals surface area (Å²) in [5.41, 5.74) is 5.68. The van der Waals surface area contributed by atoms with E-state index in [1.807, 2.05) is 6.07 Å². The van der Waals surface area contributed by atoms with Gasteiger partial charge < -0.3 is 11.1 Å². The number of hydrogen-bond acceptors (Lipinski definition) is 3. The van der Waals surface area contributed by atoms with Gasteiger partial charge in [-0.25, -0.2) is 4.98 Å². The van der Waals surface area contributed by atoms with Gasteiger partial charge in [0, 0.05) is 17.1 Å². The van der Waals surface area contributed by atoms with Gasteiger partial charge in [0.2, 0.25) is 5.91 Å². The van der Waals surface area contributed by atoms with E-state index in [-0.39, 0.29) is 11.8 Å². The van der Waals surface area contributed by atoms with E-state index in [9.17, 15) is 4.79 Å². The molecule has 4 nitrogen and oxygen atoms in total. The molecular formula is C13H20BrN3O. The summed E-state index contributed by atoms with van der Waals surface area (Å²) in [6.07, 6.45) is 3.08. The maximum absolute atomic E-state index is 11.8. The molecule has 1 heterocycles. The van der Waals surface area contributed by atoms with E-state index < -0.39 is 0 Å². The molecule has 1 amide bonds. The molecular weight excluding hydrogens is 294 g/mol. The molecule has 0 spiro atoms. The smallest absolute Gasteiger partial charge is 0.225 e. The third-order valence-corrected chi connectivity index (χ3v) is 3.08. The number of anilines is 1. The minimum atomic E-state index is -0.0269. The van der Waals surface area contributed by atoms with Crippen LogP contribution >= 0.6 is 15.9 Å². The number of carbonyl (C=O) groups excluding carboxylic acids is 1. The van der Waals surface area contributed by atoms with Crippen molar-refractivity contribution in [2.75, 3.05) is 11.9 Å². The van der Waals surface area contributed by atoms with Crippen molar-refractivity contribution in [3.05, 3.63) is 22.8 Å². The number of aromatic nitrogens is 1. The fourth-order valence-electron chi connectivity index (χ4n) is 1.84. The Hall–Kier alpha value is -0.940. The van der Waals surface area contributed by atoms with E-state index in [1.165, 1.54) is 0 Å². The van der Waals surface area contributed by atoms with Crippen LogP contribution in [0.25, 0.3) is 0 Å². The molecule has 0 aliphatic carbocycles. The largest absolute Gasteiger partial charge is 0.330 e. The van der Waals surface area contributed by atoms with Gasteiger partial charge in [-0.3, -0.25) is 4.79 Å². The summed E-state index contributed by atoms with van der Waals surface area (Å²) >= 11 is 3.30. The lowest BCUT2D eigenvalue weighted by atomic mass is 9.94. The van der Waals surface area contributed by atoms with Gasteiger partial charge in [-0.2, -0.15) is 0 Å². The van der Waals surface area contributed by atoms with Gasteiger partial charge in [-0.1, -0.05) is 13.8 Å². The Morgan fingerprint density at radius 1 is 1.50 bits per heavy atom. The first-order valence-corrected chi connectivity index (χ1v) is 6.92. The molecule has 0 fully saturated rings. The molecule has 1 atom stereocenters. The Bertz CT molecular complexity index is 378. The molecule has 18 heavy (non-hydrogen) atoms. The first kappa shape index (κ1) is 15.1. The lowest BCUT2D eigenvalue weighted by molar-refractivity contribution is -0.117. The van der Waals surface area contributed by atoms with Crippen LogP contribution in [0.2, 0.25) is 0 Å². The Balaban J connectivity index is 2.47. The molecule has 0 aromatic carbocycles. The van der Waals surface area contributed by atoms with E-state index in [4.69, 9.17) is 5.73 Å². The average molecular weight is 314 g/mol. The number of nitrogens with zero attached hydrogens (tertiary/aromatic N) is 1. The second kappa shape index (κ2) is 7.48. The summed E-state index contributed by atoms with van der Waals surface area (Å²) < 4.78 is 0.889. The highest BCUT2D eigenvalue weighted by Crippen LogP contribution is 2.16. The fourth-order valence-corrected chi connectivity index (χ4v) is 2.07. The molecule has 0 bridgehead atoms. The van der Waals surface area contributed by atoms with E-state index in [2.05, 4.69) is 40.1 Å². The SMILES string of the molecule is CC(C)CC(CN)CC(=O)Nc1ccc(Br)cn1. The number of halogens is 1. The molecule has 0 saturated heterocycles. The summed E-state index contributed by atoms with van der Waals surface area (Å²) in [7, 11) is 0. The van der Waals surface area contributed by atoms with Crippen molar-refractivity contribution in [1.29, 1.82) is 0 Å². The predicted molar refractivity (Wildman–Crippen MR) is 77.2 cm³/mol. The van der Waals surface area contributed by atoms with Gasteiger partial charge in [0.05, 0.1) is 0 Å². The van der Waals surface area contributed by atoms with Crippen molar-refractivity contribution >= 4 is 27.7 Å². The highest BCUT2D eigenvalue weighted by Gasteiger charge is 2.14. The number of rotatable bonds is 6. The minimum Gasteiger partial charge on any atom is -0.330 e. The Morgan fingerprint density at radius 2 is 2.22 bits per heavy atom. The van der Waals surface area contributed by atoms with Crippen LogP contribution in [0.1, 0.15) is 26.7 Å². The molecule has 1 rings (SSSR count). The standard InChI is InChI=1S/C13H20BrN3O/c1-9(2)5-10(7-15)6-13(18)17-12-4-3-11(14)8-16-12/h3-4,8-10H,5-7,15H2,1-2H3,(H,16,17,18). The second-order valence-electron chi connectivity index (χ2n) is 4.85. The van der Waals surface area contributed by atoms with Crippen LogP contribution in [0.15, 0.2) is 22.8 Å². The van der Waals surface area contributed by atoms with Crippen molar-refractivity contribution < 1.29 is 4.79 Å². The van der Waals surface area contributed by atoms with Gasteiger partial charge in [-0.05, 0) is 52.9 Å². The van der Waals surface area contributed by atoms with E-state index in [0.717, 1.165) is 10.9 Å². The summed E-state index contributed by atoms with van der Waals surface area (Å²) in [6, 6.07) is 3.61. The van der Waals surface area contributed by atoms with Crippen LogP contribution in [-0.2, 0) is 4.79 Å². The van der Waals surface area contributed by atoms with Crippen molar-refractivity contribution in [2.24, 2.45) is 17.6 Å². The first-order valence-electron chi connectivity index (χ1n) is 6.12. The van der Waals surface area contributed by atoms with Crippen LogP contribution in [0.4, 0.5) is 5.82 Å². The monoisotopic (exact) mass is 313 g/mol. The number of pyridine rings is 1. The molecule has 1 aromatic rings. The third kappa shape index (κ3) is 5.60. The zero-order valence-electron chi connectivity index (χ0n) is 10.8. The zero-order valence-corrected chi connectivity index (χ0v) is 12.4. The number of amides is 1. The Kier molecular flexibility index (Phi) is 6.29. The van der Waals surface area contributed by atoms with Gasteiger partial charge in [0.1, 0.15) is 5.82 Å². The van der Waals surface area contributed by atoms with Crippen molar-refractivity contribution in [1.82, 2.24) is 4.98 Å². The molecule has 3 N–H and O–H groups in total. The van der Waals surface area contributed by atoms with Crippen LogP contribution in [0.5, 0.6) is 0 Å². The summed E-state index contributed by atoms with van der Waals surface area (Å²) in [6.45, 7) is 4.81. The topological polar surface area (TPSA) is 68.0 Å². The second-order valence-corrected chi connectivity index (χ2v) is 5.76.